The standard InChI is InChI=1S/C26H28N2O3/c1-30-23-13-11-20(12-14-23)26(15-4-2-5-16-26)25(29)28-21-9-7-10-24(18-21)31-19-22-8-3-6-17-27-22/h3,6-14,17-18H,2,4-5,15-16,19H2,1H3,(H,28,29). The van der Waals surface area contributed by atoms with Gasteiger partial charge in [-0.25, -0.2) is 0 Å². The smallest absolute Gasteiger partial charge is 0.235 e. The van der Waals surface area contributed by atoms with E-state index < -0.39 is 5.41 Å². The van der Waals surface area contributed by atoms with Crippen molar-refractivity contribution in [1.82, 2.24) is 4.98 Å². The number of hydrogen-bond acceptors (Lipinski definition) is 4. The van der Waals surface area contributed by atoms with Crippen molar-refractivity contribution < 1.29 is 14.3 Å². The average Bonchev–Trinajstić information content (AvgIpc) is 2.84. The maximum atomic E-state index is 13.5. The SMILES string of the molecule is COc1ccc(C2(C(=O)Nc3cccc(OCc4ccccn4)c3)CCCCC2)cc1. The molecule has 0 unspecified atom stereocenters. The maximum absolute atomic E-state index is 13.5. The normalized spacial score (nSPS) is 15.1. The number of pyridine rings is 1. The predicted molar refractivity (Wildman–Crippen MR) is 121 cm³/mol. The minimum atomic E-state index is -0.519. The number of rotatable bonds is 7. The van der Waals surface area contributed by atoms with E-state index in [4.69, 9.17) is 9.47 Å². The highest BCUT2D eigenvalue weighted by Gasteiger charge is 2.41. The highest BCUT2D eigenvalue weighted by molar-refractivity contribution is 5.99. The molecule has 0 atom stereocenters. The van der Waals surface area contributed by atoms with Gasteiger partial charge in [-0.3, -0.25) is 9.78 Å². The summed E-state index contributed by atoms with van der Waals surface area (Å²) in [5.41, 5.74) is 2.13. The van der Waals surface area contributed by atoms with Crippen LogP contribution in [0.5, 0.6) is 11.5 Å². The lowest BCUT2D eigenvalue weighted by Crippen LogP contribution is -2.42. The fraction of sp³-hybridized carbons (Fsp3) is 0.308. The first-order valence-electron chi connectivity index (χ1n) is 10.8. The topological polar surface area (TPSA) is 60.5 Å². The zero-order valence-corrected chi connectivity index (χ0v) is 17.8. The van der Waals surface area contributed by atoms with Gasteiger partial charge in [0.15, 0.2) is 0 Å². The van der Waals surface area contributed by atoms with E-state index >= 15 is 0 Å². The van der Waals surface area contributed by atoms with Crippen LogP contribution in [0.15, 0.2) is 72.9 Å². The van der Waals surface area contributed by atoms with E-state index in [1.165, 1.54) is 6.42 Å². The average molecular weight is 417 g/mol. The van der Waals surface area contributed by atoms with Gasteiger partial charge in [-0.1, -0.05) is 43.5 Å². The molecule has 1 aliphatic carbocycles. The van der Waals surface area contributed by atoms with Crippen LogP contribution in [0.2, 0.25) is 0 Å². The summed E-state index contributed by atoms with van der Waals surface area (Å²) in [6.45, 7) is 0.383. The third-order valence-electron chi connectivity index (χ3n) is 5.99. The van der Waals surface area contributed by atoms with Crippen LogP contribution in [0.25, 0.3) is 0 Å². The molecular weight excluding hydrogens is 388 g/mol. The van der Waals surface area contributed by atoms with E-state index in [0.29, 0.717) is 12.4 Å². The summed E-state index contributed by atoms with van der Waals surface area (Å²) >= 11 is 0. The van der Waals surface area contributed by atoms with Crippen LogP contribution < -0.4 is 14.8 Å². The Morgan fingerprint density at radius 1 is 0.968 bits per heavy atom. The number of methoxy groups -OCH3 is 1. The second-order valence-electron chi connectivity index (χ2n) is 7.96. The molecule has 1 heterocycles. The number of benzene rings is 2. The van der Waals surface area contributed by atoms with Crippen molar-refractivity contribution in [2.24, 2.45) is 0 Å². The van der Waals surface area contributed by atoms with Gasteiger partial charge >= 0.3 is 0 Å². The number of nitrogens with one attached hydrogen (secondary N) is 1. The second-order valence-corrected chi connectivity index (χ2v) is 7.96. The van der Waals surface area contributed by atoms with Crippen molar-refractivity contribution in [2.45, 2.75) is 44.1 Å². The van der Waals surface area contributed by atoms with E-state index in [1.807, 2.05) is 66.7 Å². The lowest BCUT2D eigenvalue weighted by Gasteiger charge is -2.36. The molecule has 5 nitrogen and oxygen atoms in total. The summed E-state index contributed by atoms with van der Waals surface area (Å²) < 4.78 is 11.2. The monoisotopic (exact) mass is 416 g/mol. The molecule has 0 saturated heterocycles. The lowest BCUT2D eigenvalue weighted by atomic mass is 9.68. The summed E-state index contributed by atoms with van der Waals surface area (Å²) in [6, 6.07) is 21.2. The number of ether oxygens (including phenoxy) is 2. The van der Waals surface area contributed by atoms with E-state index in [0.717, 1.165) is 48.4 Å². The molecule has 0 radical (unpaired) electrons. The quantitative estimate of drug-likeness (QED) is 0.552. The number of carbonyl (C=O) groups excluding carboxylic acids is 1. The Hall–Kier alpha value is -3.34. The number of amides is 1. The van der Waals surface area contributed by atoms with Gasteiger partial charge in [0.2, 0.25) is 5.91 Å². The Labute approximate surface area is 183 Å². The predicted octanol–water partition coefficient (Wildman–Crippen LogP) is 5.51. The molecule has 1 saturated carbocycles. The van der Waals surface area contributed by atoms with Crippen LogP contribution >= 0.6 is 0 Å². The van der Waals surface area contributed by atoms with Gasteiger partial charge < -0.3 is 14.8 Å². The number of hydrogen-bond donors (Lipinski definition) is 1. The molecule has 0 bridgehead atoms. The Morgan fingerprint density at radius 2 is 1.77 bits per heavy atom. The minimum absolute atomic E-state index is 0.0410. The van der Waals surface area contributed by atoms with Gasteiger partial charge in [0.25, 0.3) is 0 Å². The molecule has 1 fully saturated rings. The van der Waals surface area contributed by atoms with Crippen molar-refractivity contribution in [1.29, 1.82) is 0 Å². The van der Waals surface area contributed by atoms with Crippen molar-refractivity contribution >= 4 is 11.6 Å². The van der Waals surface area contributed by atoms with Crippen LogP contribution in [-0.4, -0.2) is 18.0 Å². The summed E-state index contributed by atoms with van der Waals surface area (Å²) in [7, 11) is 1.65. The summed E-state index contributed by atoms with van der Waals surface area (Å²) in [4.78, 5) is 17.8. The summed E-state index contributed by atoms with van der Waals surface area (Å²) in [5, 5.41) is 3.15. The van der Waals surface area contributed by atoms with Gasteiger partial charge in [0.05, 0.1) is 18.2 Å². The van der Waals surface area contributed by atoms with Crippen molar-refractivity contribution in [3.05, 3.63) is 84.2 Å². The number of anilines is 1. The second kappa shape index (κ2) is 9.65. The maximum Gasteiger partial charge on any atom is 0.235 e. The molecule has 31 heavy (non-hydrogen) atoms. The van der Waals surface area contributed by atoms with Crippen LogP contribution in [-0.2, 0) is 16.8 Å². The molecule has 4 rings (SSSR count). The molecule has 2 aromatic carbocycles. The minimum Gasteiger partial charge on any atom is -0.497 e. The number of aromatic nitrogens is 1. The molecule has 0 spiro atoms. The van der Waals surface area contributed by atoms with E-state index in [1.54, 1.807) is 13.3 Å². The fourth-order valence-corrected chi connectivity index (χ4v) is 4.27. The third-order valence-corrected chi connectivity index (χ3v) is 5.99. The Kier molecular flexibility index (Phi) is 6.51. The summed E-state index contributed by atoms with van der Waals surface area (Å²) in [5.74, 6) is 1.54. The van der Waals surface area contributed by atoms with Gasteiger partial charge in [-0.2, -0.15) is 0 Å². The molecule has 160 valence electrons. The summed E-state index contributed by atoms with van der Waals surface area (Å²) in [6.07, 6.45) is 6.71. The Bertz CT molecular complexity index is 997. The van der Waals surface area contributed by atoms with Gasteiger partial charge in [0.1, 0.15) is 18.1 Å². The Balaban J connectivity index is 1.50. The fourth-order valence-electron chi connectivity index (χ4n) is 4.27. The van der Waals surface area contributed by atoms with Crippen LogP contribution in [0, 0.1) is 0 Å². The molecule has 0 aliphatic heterocycles. The van der Waals surface area contributed by atoms with Crippen molar-refractivity contribution in [3.63, 3.8) is 0 Å². The lowest BCUT2D eigenvalue weighted by molar-refractivity contribution is -0.122. The zero-order valence-electron chi connectivity index (χ0n) is 17.8. The number of nitrogens with zero attached hydrogens (tertiary/aromatic N) is 1. The van der Waals surface area contributed by atoms with Crippen molar-refractivity contribution in [2.75, 3.05) is 12.4 Å². The zero-order chi connectivity index (χ0) is 21.5. The molecule has 1 N–H and O–H groups in total. The molecule has 5 heteroatoms. The van der Waals surface area contributed by atoms with Crippen molar-refractivity contribution in [3.8, 4) is 11.5 Å². The van der Waals surface area contributed by atoms with E-state index in [9.17, 15) is 4.79 Å². The van der Waals surface area contributed by atoms with E-state index in [-0.39, 0.29) is 5.91 Å². The van der Waals surface area contributed by atoms with Gasteiger partial charge in [-0.05, 0) is 54.8 Å². The first-order valence-corrected chi connectivity index (χ1v) is 10.8. The number of carbonyl (C=O) groups is 1. The molecule has 3 aromatic rings. The van der Waals surface area contributed by atoms with Crippen LogP contribution in [0.3, 0.4) is 0 Å². The van der Waals surface area contributed by atoms with Gasteiger partial charge in [0, 0.05) is 18.0 Å². The molecule has 1 aliphatic rings. The van der Waals surface area contributed by atoms with Gasteiger partial charge in [-0.15, -0.1) is 0 Å². The Morgan fingerprint density at radius 3 is 2.48 bits per heavy atom. The molecular formula is C26H28N2O3. The first-order chi connectivity index (χ1) is 15.2. The van der Waals surface area contributed by atoms with E-state index in [2.05, 4.69) is 10.3 Å². The first kappa shape index (κ1) is 20.9. The highest BCUT2D eigenvalue weighted by atomic mass is 16.5. The molecule has 1 aromatic heterocycles. The highest BCUT2D eigenvalue weighted by Crippen LogP contribution is 2.41. The largest absolute Gasteiger partial charge is 0.497 e. The van der Waals surface area contributed by atoms with Crippen LogP contribution in [0.4, 0.5) is 5.69 Å². The third kappa shape index (κ3) is 4.88. The molecule has 1 amide bonds. The van der Waals surface area contributed by atoms with Crippen LogP contribution in [0.1, 0.15) is 43.4 Å².